The van der Waals surface area contributed by atoms with E-state index in [0.29, 0.717) is 23.7 Å². The summed E-state index contributed by atoms with van der Waals surface area (Å²) in [5.41, 5.74) is 1.23. The Hall–Kier alpha value is -1.84. The molecule has 0 radical (unpaired) electrons. The molecule has 0 aliphatic heterocycles. The first-order chi connectivity index (χ1) is 11.9. The number of rotatable bonds is 8. The highest BCUT2D eigenvalue weighted by molar-refractivity contribution is 5.96. The minimum atomic E-state index is -0.406. The minimum absolute atomic E-state index is 0.00151. The van der Waals surface area contributed by atoms with Crippen molar-refractivity contribution >= 4 is 23.2 Å². The fourth-order valence-electron chi connectivity index (χ4n) is 3.36. The van der Waals surface area contributed by atoms with Crippen LogP contribution in [0.3, 0.4) is 0 Å². The Kier molecular flexibility index (Phi) is 7.86. The fourth-order valence-corrected chi connectivity index (χ4v) is 3.36. The number of hydrogen-bond acceptors (Lipinski definition) is 2. The molecular weight excluding hydrogens is 324 g/mol. The van der Waals surface area contributed by atoms with Crippen LogP contribution in [0.2, 0.25) is 0 Å². The van der Waals surface area contributed by atoms with E-state index >= 15 is 0 Å². The van der Waals surface area contributed by atoms with Crippen molar-refractivity contribution in [3.8, 4) is 0 Å². The zero-order chi connectivity index (χ0) is 20.0. The molecule has 26 heavy (non-hydrogen) atoms. The summed E-state index contributed by atoms with van der Waals surface area (Å²) in [5, 5.41) is 5.91. The Morgan fingerprint density at radius 2 is 1.62 bits per heavy atom. The first-order valence-electron chi connectivity index (χ1n) is 9.64. The molecule has 1 aromatic rings. The lowest BCUT2D eigenvalue weighted by atomic mass is 9.84. The van der Waals surface area contributed by atoms with E-state index in [2.05, 4.69) is 45.3 Å². The van der Waals surface area contributed by atoms with E-state index in [4.69, 9.17) is 0 Å². The van der Waals surface area contributed by atoms with Gasteiger partial charge in [-0.3, -0.25) is 9.59 Å². The molecular formula is C22H36N2O2. The van der Waals surface area contributed by atoms with Crippen LogP contribution in [0, 0.1) is 16.7 Å². The Morgan fingerprint density at radius 3 is 2.15 bits per heavy atom. The maximum atomic E-state index is 12.4. The van der Waals surface area contributed by atoms with Gasteiger partial charge in [0.15, 0.2) is 0 Å². The standard InChI is InChI=1S/C22H36N2O2/c1-8-12-22(6,7)20(26)24-18-11-9-10-17(14-18)23-19(25)13-16(2)15-21(3,4)5/h9-11,14,16H,8,12-13,15H2,1-7H3,(H,23,25)(H,24,26). The molecule has 4 heteroatoms. The molecule has 2 N–H and O–H groups in total. The third-order valence-corrected chi connectivity index (χ3v) is 4.39. The van der Waals surface area contributed by atoms with Gasteiger partial charge in [-0.15, -0.1) is 0 Å². The quantitative estimate of drug-likeness (QED) is 0.610. The van der Waals surface area contributed by atoms with Gasteiger partial charge in [0.2, 0.25) is 11.8 Å². The van der Waals surface area contributed by atoms with E-state index in [1.54, 1.807) is 0 Å². The molecule has 0 saturated carbocycles. The molecule has 1 aromatic carbocycles. The van der Waals surface area contributed by atoms with Gasteiger partial charge in [0.05, 0.1) is 0 Å². The monoisotopic (exact) mass is 360 g/mol. The average Bonchev–Trinajstić information content (AvgIpc) is 2.44. The molecule has 1 atom stereocenters. The van der Waals surface area contributed by atoms with Gasteiger partial charge in [0.1, 0.15) is 0 Å². The molecule has 0 bridgehead atoms. The Morgan fingerprint density at radius 1 is 1.04 bits per heavy atom. The fraction of sp³-hybridized carbons (Fsp3) is 0.636. The lowest BCUT2D eigenvalue weighted by Gasteiger charge is -2.23. The highest BCUT2D eigenvalue weighted by Gasteiger charge is 2.26. The van der Waals surface area contributed by atoms with Crippen molar-refractivity contribution in [1.29, 1.82) is 0 Å². The number of benzene rings is 1. The molecule has 0 saturated heterocycles. The van der Waals surface area contributed by atoms with Gasteiger partial charge in [-0.1, -0.05) is 61.0 Å². The van der Waals surface area contributed by atoms with Crippen LogP contribution in [0.1, 0.15) is 74.1 Å². The van der Waals surface area contributed by atoms with E-state index in [9.17, 15) is 9.59 Å². The second-order valence-corrected chi connectivity index (χ2v) is 9.29. The summed E-state index contributed by atoms with van der Waals surface area (Å²) in [6.07, 6.45) is 3.30. The van der Waals surface area contributed by atoms with Crippen molar-refractivity contribution < 1.29 is 9.59 Å². The van der Waals surface area contributed by atoms with Gasteiger partial charge >= 0.3 is 0 Å². The third kappa shape index (κ3) is 8.03. The number of carbonyl (C=O) groups excluding carboxylic acids is 2. The summed E-state index contributed by atoms with van der Waals surface area (Å²) in [7, 11) is 0. The Bertz CT molecular complexity index is 615. The predicted molar refractivity (Wildman–Crippen MR) is 110 cm³/mol. The van der Waals surface area contributed by atoms with Crippen LogP contribution in [0.4, 0.5) is 11.4 Å². The van der Waals surface area contributed by atoms with Crippen molar-refractivity contribution in [1.82, 2.24) is 0 Å². The highest BCUT2D eigenvalue weighted by atomic mass is 16.2. The summed E-state index contributed by atoms with van der Waals surface area (Å²) >= 11 is 0. The highest BCUT2D eigenvalue weighted by Crippen LogP contribution is 2.27. The van der Waals surface area contributed by atoms with Crippen LogP contribution < -0.4 is 10.6 Å². The molecule has 0 spiro atoms. The van der Waals surface area contributed by atoms with Crippen molar-refractivity contribution in [3.05, 3.63) is 24.3 Å². The van der Waals surface area contributed by atoms with Crippen molar-refractivity contribution in [2.24, 2.45) is 16.7 Å². The van der Waals surface area contributed by atoms with Gasteiger partial charge in [0.25, 0.3) is 0 Å². The molecule has 1 rings (SSSR count). The van der Waals surface area contributed by atoms with Gasteiger partial charge in [0, 0.05) is 23.2 Å². The summed E-state index contributed by atoms with van der Waals surface area (Å²) in [6, 6.07) is 7.35. The number of nitrogens with one attached hydrogen (secondary N) is 2. The van der Waals surface area contributed by atoms with Crippen LogP contribution in [-0.2, 0) is 9.59 Å². The van der Waals surface area contributed by atoms with E-state index in [1.165, 1.54) is 0 Å². The van der Waals surface area contributed by atoms with E-state index in [0.717, 1.165) is 19.3 Å². The zero-order valence-corrected chi connectivity index (χ0v) is 17.5. The molecule has 0 aromatic heterocycles. The SMILES string of the molecule is CCCC(C)(C)C(=O)Nc1cccc(NC(=O)CC(C)CC(C)(C)C)c1. The smallest absolute Gasteiger partial charge is 0.230 e. The molecule has 0 fully saturated rings. The first-order valence-corrected chi connectivity index (χ1v) is 9.64. The van der Waals surface area contributed by atoms with Crippen molar-refractivity contribution in [2.45, 2.75) is 74.1 Å². The second-order valence-electron chi connectivity index (χ2n) is 9.29. The molecule has 146 valence electrons. The van der Waals surface area contributed by atoms with Gasteiger partial charge in [-0.25, -0.2) is 0 Å². The van der Waals surface area contributed by atoms with Gasteiger partial charge < -0.3 is 10.6 Å². The van der Waals surface area contributed by atoms with E-state index < -0.39 is 5.41 Å². The first kappa shape index (κ1) is 22.2. The maximum absolute atomic E-state index is 12.4. The topological polar surface area (TPSA) is 58.2 Å². The van der Waals surface area contributed by atoms with Crippen molar-refractivity contribution in [2.75, 3.05) is 10.6 Å². The third-order valence-electron chi connectivity index (χ3n) is 4.39. The molecule has 4 nitrogen and oxygen atoms in total. The summed E-state index contributed by atoms with van der Waals surface area (Å²) in [5.74, 6) is 0.339. The molecule has 0 aliphatic rings. The lowest BCUT2D eigenvalue weighted by molar-refractivity contribution is -0.124. The Labute approximate surface area is 159 Å². The predicted octanol–water partition coefficient (Wildman–Crippen LogP) is 5.85. The summed E-state index contributed by atoms with van der Waals surface area (Å²) < 4.78 is 0. The van der Waals surface area contributed by atoms with Crippen LogP contribution in [0.15, 0.2) is 24.3 Å². The van der Waals surface area contributed by atoms with Crippen LogP contribution in [-0.4, -0.2) is 11.8 Å². The number of amides is 2. The number of hydrogen-bond donors (Lipinski definition) is 2. The largest absolute Gasteiger partial charge is 0.326 e. The molecule has 0 heterocycles. The zero-order valence-electron chi connectivity index (χ0n) is 17.5. The van der Waals surface area contributed by atoms with Crippen LogP contribution in [0.25, 0.3) is 0 Å². The van der Waals surface area contributed by atoms with Crippen molar-refractivity contribution in [3.63, 3.8) is 0 Å². The van der Waals surface area contributed by atoms with Gasteiger partial charge in [-0.2, -0.15) is 0 Å². The molecule has 2 amide bonds. The second kappa shape index (κ2) is 9.20. The number of carbonyl (C=O) groups is 2. The molecule has 1 unspecified atom stereocenters. The van der Waals surface area contributed by atoms with E-state index in [1.807, 2.05) is 38.1 Å². The number of anilines is 2. The van der Waals surface area contributed by atoms with Crippen LogP contribution >= 0.6 is 0 Å². The maximum Gasteiger partial charge on any atom is 0.230 e. The van der Waals surface area contributed by atoms with Crippen LogP contribution in [0.5, 0.6) is 0 Å². The average molecular weight is 361 g/mol. The minimum Gasteiger partial charge on any atom is -0.326 e. The normalized spacial score (nSPS) is 13.2. The van der Waals surface area contributed by atoms with E-state index in [-0.39, 0.29) is 17.2 Å². The lowest BCUT2D eigenvalue weighted by Crippen LogP contribution is -2.30. The summed E-state index contributed by atoms with van der Waals surface area (Å²) in [6.45, 7) is 14.7. The summed E-state index contributed by atoms with van der Waals surface area (Å²) in [4.78, 5) is 24.7. The molecule has 0 aliphatic carbocycles. The Balaban J connectivity index is 2.66. The van der Waals surface area contributed by atoms with Gasteiger partial charge in [-0.05, 0) is 42.4 Å².